The zero-order valence-electron chi connectivity index (χ0n) is 17.0. The summed E-state index contributed by atoms with van der Waals surface area (Å²) in [6.45, 7) is 3.27. The molecule has 2 aromatic carbocycles. The largest absolute Gasteiger partial charge is 0.493 e. The second kappa shape index (κ2) is 8.21. The molecule has 1 saturated heterocycles. The zero-order valence-corrected chi connectivity index (χ0v) is 17.0. The van der Waals surface area contributed by atoms with E-state index in [1.807, 2.05) is 0 Å². The Morgan fingerprint density at radius 2 is 1.69 bits per heavy atom. The highest BCUT2D eigenvalue weighted by atomic mass is 16.5. The molecule has 7 nitrogen and oxygen atoms in total. The Morgan fingerprint density at radius 1 is 1.00 bits per heavy atom. The first-order valence-electron chi connectivity index (χ1n) is 9.71. The number of nitrogens with zero attached hydrogens (tertiary/aromatic N) is 1. The van der Waals surface area contributed by atoms with Gasteiger partial charge in [0.15, 0.2) is 11.5 Å². The van der Waals surface area contributed by atoms with Crippen molar-refractivity contribution in [2.24, 2.45) is 0 Å². The molecular formula is C22H26N2O5. The van der Waals surface area contributed by atoms with E-state index < -0.39 is 0 Å². The standard InChI is InChI=1S/C22H26N2O5/c1-26-18-13-17-20(22(28-3)21(18)27-2)16(12-19(25)23-17)14-4-6-15(7-5-14)24-8-10-29-11-9-24/h4-7,13,16H,8-12H2,1-3H3,(H,23,25). The van der Waals surface area contributed by atoms with Crippen molar-refractivity contribution in [3.05, 3.63) is 41.5 Å². The molecule has 1 atom stereocenters. The Bertz CT molecular complexity index is 891. The lowest BCUT2D eigenvalue weighted by atomic mass is 9.83. The molecule has 154 valence electrons. The summed E-state index contributed by atoms with van der Waals surface area (Å²) in [6, 6.07) is 10.2. The molecule has 0 saturated carbocycles. The van der Waals surface area contributed by atoms with Gasteiger partial charge in [-0.05, 0) is 17.7 Å². The average Bonchev–Trinajstić information content (AvgIpc) is 2.77. The van der Waals surface area contributed by atoms with Crippen molar-refractivity contribution >= 4 is 17.3 Å². The first kappa shape index (κ1) is 19.4. The molecule has 1 fully saturated rings. The Morgan fingerprint density at radius 3 is 2.31 bits per heavy atom. The molecule has 29 heavy (non-hydrogen) atoms. The average molecular weight is 398 g/mol. The summed E-state index contributed by atoms with van der Waals surface area (Å²) in [6.07, 6.45) is 0.343. The molecule has 0 bridgehead atoms. The van der Waals surface area contributed by atoms with Crippen molar-refractivity contribution in [1.82, 2.24) is 0 Å². The molecule has 0 spiro atoms. The topological polar surface area (TPSA) is 69.3 Å². The van der Waals surface area contributed by atoms with Gasteiger partial charge in [0.1, 0.15) is 0 Å². The quantitative estimate of drug-likeness (QED) is 0.835. The van der Waals surface area contributed by atoms with Crippen molar-refractivity contribution in [1.29, 1.82) is 0 Å². The van der Waals surface area contributed by atoms with E-state index in [0.717, 1.165) is 43.1 Å². The maximum absolute atomic E-state index is 12.4. The van der Waals surface area contributed by atoms with Crippen molar-refractivity contribution in [3.63, 3.8) is 0 Å². The monoisotopic (exact) mass is 398 g/mol. The van der Waals surface area contributed by atoms with E-state index in [-0.39, 0.29) is 11.8 Å². The Hall–Kier alpha value is -2.93. The molecule has 7 heteroatoms. The van der Waals surface area contributed by atoms with Gasteiger partial charge in [0, 0.05) is 42.7 Å². The van der Waals surface area contributed by atoms with Crippen molar-refractivity contribution in [2.45, 2.75) is 12.3 Å². The normalized spacial score (nSPS) is 18.7. The van der Waals surface area contributed by atoms with Crippen LogP contribution >= 0.6 is 0 Å². The van der Waals surface area contributed by atoms with Gasteiger partial charge in [0.2, 0.25) is 11.7 Å². The fraction of sp³-hybridized carbons (Fsp3) is 0.409. The molecule has 2 aliphatic rings. The van der Waals surface area contributed by atoms with E-state index in [4.69, 9.17) is 18.9 Å². The van der Waals surface area contributed by atoms with Crippen molar-refractivity contribution in [3.8, 4) is 17.2 Å². The van der Waals surface area contributed by atoms with Crippen molar-refractivity contribution in [2.75, 3.05) is 57.8 Å². The van der Waals surface area contributed by atoms with Gasteiger partial charge in [-0.1, -0.05) is 12.1 Å². The van der Waals surface area contributed by atoms with Gasteiger partial charge in [-0.15, -0.1) is 0 Å². The van der Waals surface area contributed by atoms with Gasteiger partial charge < -0.3 is 29.2 Å². The fourth-order valence-electron chi connectivity index (χ4n) is 4.14. The predicted molar refractivity (Wildman–Crippen MR) is 111 cm³/mol. The Kier molecular flexibility index (Phi) is 5.49. The van der Waals surface area contributed by atoms with Crippen LogP contribution in [-0.2, 0) is 9.53 Å². The molecule has 4 rings (SSSR count). The summed E-state index contributed by atoms with van der Waals surface area (Å²) in [5.41, 5.74) is 3.82. The minimum atomic E-state index is -0.132. The van der Waals surface area contributed by atoms with Crippen LogP contribution in [0.2, 0.25) is 0 Å². The van der Waals surface area contributed by atoms with E-state index >= 15 is 0 Å². The number of rotatable bonds is 5. The van der Waals surface area contributed by atoms with Crippen LogP contribution in [0.4, 0.5) is 11.4 Å². The van der Waals surface area contributed by atoms with E-state index in [0.29, 0.717) is 29.4 Å². The molecule has 1 amide bonds. The molecule has 2 aromatic rings. The van der Waals surface area contributed by atoms with E-state index in [1.54, 1.807) is 27.4 Å². The summed E-state index contributed by atoms with van der Waals surface area (Å²) in [4.78, 5) is 14.7. The molecule has 1 N–H and O–H groups in total. The summed E-state index contributed by atoms with van der Waals surface area (Å²) in [7, 11) is 4.75. The number of carbonyl (C=O) groups is 1. The number of ether oxygens (including phenoxy) is 4. The lowest BCUT2D eigenvalue weighted by Gasteiger charge is -2.31. The van der Waals surface area contributed by atoms with Crippen LogP contribution in [-0.4, -0.2) is 53.5 Å². The predicted octanol–water partition coefficient (Wildman–Crippen LogP) is 3.02. The van der Waals surface area contributed by atoms with Crippen LogP contribution in [0, 0.1) is 0 Å². The summed E-state index contributed by atoms with van der Waals surface area (Å²) < 4.78 is 22.1. The number of methoxy groups -OCH3 is 3. The number of nitrogens with one attached hydrogen (secondary N) is 1. The highest BCUT2D eigenvalue weighted by Crippen LogP contribution is 2.51. The molecule has 1 unspecified atom stereocenters. The molecule has 0 radical (unpaired) electrons. The third-order valence-corrected chi connectivity index (χ3v) is 5.55. The number of fused-ring (bicyclic) bond motifs is 1. The number of carbonyl (C=O) groups excluding carboxylic acids is 1. The smallest absolute Gasteiger partial charge is 0.225 e. The summed E-state index contributed by atoms with van der Waals surface area (Å²) >= 11 is 0. The maximum Gasteiger partial charge on any atom is 0.225 e. The summed E-state index contributed by atoms with van der Waals surface area (Å²) in [5, 5.41) is 2.95. The number of morpholine rings is 1. The van der Waals surface area contributed by atoms with Gasteiger partial charge in [0.25, 0.3) is 0 Å². The lowest BCUT2D eigenvalue weighted by molar-refractivity contribution is -0.116. The van der Waals surface area contributed by atoms with Crippen LogP contribution in [0.3, 0.4) is 0 Å². The SMILES string of the molecule is COc1cc2c(c(OC)c1OC)C(c1ccc(N3CCOCC3)cc1)CC(=O)N2. The van der Waals surface area contributed by atoms with Crippen LogP contribution < -0.4 is 24.4 Å². The molecule has 0 aliphatic carbocycles. The molecular weight excluding hydrogens is 372 g/mol. The highest BCUT2D eigenvalue weighted by molar-refractivity contribution is 5.97. The summed E-state index contributed by atoms with van der Waals surface area (Å²) in [5.74, 6) is 1.47. The van der Waals surface area contributed by atoms with Crippen LogP contribution in [0.5, 0.6) is 17.2 Å². The fourth-order valence-corrected chi connectivity index (χ4v) is 4.14. The second-order valence-corrected chi connectivity index (χ2v) is 7.10. The molecule has 2 aliphatic heterocycles. The van der Waals surface area contributed by atoms with Gasteiger partial charge in [-0.2, -0.15) is 0 Å². The Balaban J connectivity index is 1.75. The van der Waals surface area contributed by atoms with Crippen molar-refractivity contribution < 1.29 is 23.7 Å². The second-order valence-electron chi connectivity index (χ2n) is 7.10. The molecule has 0 aromatic heterocycles. The van der Waals surface area contributed by atoms with E-state index in [9.17, 15) is 4.79 Å². The number of benzene rings is 2. The molecule has 2 heterocycles. The minimum Gasteiger partial charge on any atom is -0.493 e. The number of anilines is 2. The van der Waals surface area contributed by atoms with Gasteiger partial charge in [0.05, 0.1) is 40.2 Å². The Labute approximate surface area is 170 Å². The zero-order chi connectivity index (χ0) is 20.4. The first-order valence-corrected chi connectivity index (χ1v) is 9.71. The first-order chi connectivity index (χ1) is 14.2. The maximum atomic E-state index is 12.4. The number of hydrogen-bond donors (Lipinski definition) is 1. The third kappa shape index (κ3) is 3.58. The van der Waals surface area contributed by atoms with E-state index in [1.165, 1.54) is 0 Å². The van der Waals surface area contributed by atoms with E-state index in [2.05, 4.69) is 34.5 Å². The van der Waals surface area contributed by atoms with Crippen LogP contribution in [0.1, 0.15) is 23.5 Å². The van der Waals surface area contributed by atoms with Gasteiger partial charge >= 0.3 is 0 Å². The highest BCUT2D eigenvalue weighted by Gasteiger charge is 2.33. The van der Waals surface area contributed by atoms with Gasteiger partial charge in [-0.25, -0.2) is 0 Å². The third-order valence-electron chi connectivity index (χ3n) is 5.55. The van der Waals surface area contributed by atoms with Crippen LogP contribution in [0.25, 0.3) is 0 Å². The number of amides is 1. The van der Waals surface area contributed by atoms with Crippen LogP contribution in [0.15, 0.2) is 30.3 Å². The minimum absolute atomic E-state index is 0.0333. The lowest BCUT2D eigenvalue weighted by Crippen LogP contribution is -2.36. The van der Waals surface area contributed by atoms with Gasteiger partial charge in [-0.3, -0.25) is 4.79 Å². The number of hydrogen-bond acceptors (Lipinski definition) is 6.